The van der Waals surface area contributed by atoms with Gasteiger partial charge >= 0.3 is 24.5 Å². The van der Waals surface area contributed by atoms with Gasteiger partial charge in [-0.05, 0) is 56.4 Å². The molecule has 0 aliphatic carbocycles. The Morgan fingerprint density at radius 1 is 0.867 bits per heavy atom. The van der Waals surface area contributed by atoms with Gasteiger partial charge in [-0.1, -0.05) is 29.3 Å². The third-order valence-electron chi connectivity index (χ3n) is 6.65. The normalized spacial score (nSPS) is 17.4. The molecule has 1 N–H and O–H groups in total. The summed E-state index contributed by atoms with van der Waals surface area (Å²) in [6.45, 7) is 0.532. The molecule has 0 aromatic heterocycles. The van der Waals surface area contributed by atoms with Crippen molar-refractivity contribution in [2.24, 2.45) is 0 Å². The van der Waals surface area contributed by atoms with Crippen molar-refractivity contribution in [2.75, 3.05) is 40.8 Å². The van der Waals surface area contributed by atoms with Crippen LogP contribution in [0, 0.1) is 0 Å². The van der Waals surface area contributed by atoms with E-state index in [4.69, 9.17) is 33.1 Å². The molecule has 0 saturated carbocycles. The summed E-state index contributed by atoms with van der Waals surface area (Å²) >= 11 is 12.2. The number of carbonyl (C=O) groups is 3. The van der Waals surface area contributed by atoms with Gasteiger partial charge in [0.05, 0.1) is 27.7 Å². The van der Waals surface area contributed by atoms with E-state index in [-0.39, 0.29) is 48.1 Å². The van der Waals surface area contributed by atoms with Crippen LogP contribution >= 0.6 is 23.2 Å². The van der Waals surface area contributed by atoms with E-state index in [1.54, 1.807) is 42.1 Å². The third kappa shape index (κ3) is 10.4. The molecule has 0 radical (unpaired) electrons. The molecule has 0 unspecified atom stereocenters. The first-order valence-electron chi connectivity index (χ1n) is 12.7. The van der Waals surface area contributed by atoms with Crippen LogP contribution in [0.1, 0.15) is 39.4 Å². The van der Waals surface area contributed by atoms with E-state index >= 15 is 0 Å². The van der Waals surface area contributed by atoms with Crippen molar-refractivity contribution in [3.05, 3.63) is 68.7 Å². The lowest BCUT2D eigenvalue weighted by molar-refractivity contribution is -0.192. The summed E-state index contributed by atoms with van der Waals surface area (Å²) in [4.78, 5) is 39.4. The molecule has 2 atom stereocenters. The van der Waals surface area contributed by atoms with Crippen LogP contribution in [0.4, 0.5) is 39.5 Å². The van der Waals surface area contributed by atoms with Gasteiger partial charge in [0.1, 0.15) is 0 Å². The SMILES string of the molecule is CN(C)CC(=O)N1CC[C@@H](N(C)C(=O)c2cc(C(F)(F)F)cc(C(F)(F)F)c2)[C@H](c2ccc(Cl)c(Cl)c2)C1.O=C(O)C(F)(F)F. The highest BCUT2D eigenvalue weighted by Crippen LogP contribution is 2.38. The lowest BCUT2D eigenvalue weighted by Crippen LogP contribution is -2.53. The number of carboxylic acid groups (broad SMARTS) is 1. The standard InChI is InChI=1S/C25H25Cl2F6N3O2.C2HF3O2/c1-34(2)13-22(37)36-7-6-21(18(12-36)14-4-5-19(26)20(27)10-14)35(3)23(38)15-8-16(24(28,29)30)11-17(9-15)25(31,32)33;3-2(4,5)1(6)7/h4-5,8-11,18,21H,6-7,12-13H2,1-3H3;(H,6,7)/t18-,21+;/m0./s1. The Morgan fingerprint density at radius 3 is 1.80 bits per heavy atom. The van der Waals surface area contributed by atoms with Crippen LogP contribution < -0.4 is 0 Å². The Labute approximate surface area is 261 Å². The zero-order chi connectivity index (χ0) is 34.7. The van der Waals surface area contributed by atoms with Gasteiger partial charge in [0.15, 0.2) is 0 Å². The van der Waals surface area contributed by atoms with Gasteiger partial charge in [-0.3, -0.25) is 9.59 Å². The van der Waals surface area contributed by atoms with Crippen molar-refractivity contribution in [3.63, 3.8) is 0 Å². The van der Waals surface area contributed by atoms with Crippen LogP contribution in [0.5, 0.6) is 0 Å². The zero-order valence-electron chi connectivity index (χ0n) is 23.6. The molecule has 45 heavy (non-hydrogen) atoms. The summed E-state index contributed by atoms with van der Waals surface area (Å²) in [6, 6.07) is 4.93. The van der Waals surface area contributed by atoms with Crippen molar-refractivity contribution >= 4 is 41.0 Å². The molecule has 2 aromatic carbocycles. The maximum absolute atomic E-state index is 13.4. The maximum atomic E-state index is 13.4. The van der Waals surface area contributed by atoms with E-state index in [0.717, 1.165) is 4.90 Å². The average Bonchev–Trinajstić information content (AvgIpc) is 2.91. The highest BCUT2D eigenvalue weighted by Gasteiger charge is 2.41. The summed E-state index contributed by atoms with van der Waals surface area (Å²) < 4.78 is 112. The topological polar surface area (TPSA) is 81.2 Å². The van der Waals surface area contributed by atoms with Crippen LogP contribution in [0.15, 0.2) is 36.4 Å². The number of rotatable bonds is 5. The minimum Gasteiger partial charge on any atom is -0.475 e. The molecule has 7 nitrogen and oxygen atoms in total. The number of aliphatic carboxylic acids is 1. The predicted octanol–water partition coefficient (Wildman–Crippen LogP) is 6.68. The second kappa shape index (κ2) is 14.5. The summed E-state index contributed by atoms with van der Waals surface area (Å²) in [5.74, 6) is -4.47. The Kier molecular flexibility index (Phi) is 12.2. The van der Waals surface area contributed by atoms with E-state index < -0.39 is 59.1 Å². The molecule has 1 aliphatic rings. The lowest BCUT2D eigenvalue weighted by atomic mass is 9.84. The van der Waals surface area contributed by atoms with Crippen molar-refractivity contribution < 1.29 is 59.0 Å². The molecule has 0 bridgehead atoms. The number of amides is 2. The zero-order valence-corrected chi connectivity index (χ0v) is 25.1. The second-order valence-electron chi connectivity index (χ2n) is 10.2. The van der Waals surface area contributed by atoms with Crippen LogP contribution in [0.25, 0.3) is 0 Å². The van der Waals surface area contributed by atoms with Gasteiger partial charge in [-0.2, -0.15) is 39.5 Å². The van der Waals surface area contributed by atoms with Crippen molar-refractivity contribution in [1.29, 1.82) is 0 Å². The number of carbonyl (C=O) groups excluding carboxylic acids is 2. The van der Waals surface area contributed by atoms with Crippen molar-refractivity contribution in [1.82, 2.24) is 14.7 Å². The number of hydrogen-bond donors (Lipinski definition) is 1. The number of halogens is 11. The minimum atomic E-state index is -5.09. The first-order valence-corrected chi connectivity index (χ1v) is 13.4. The van der Waals surface area contributed by atoms with Crippen LogP contribution in [-0.2, 0) is 21.9 Å². The monoisotopic (exact) mass is 697 g/mol. The Morgan fingerprint density at radius 2 is 1.38 bits per heavy atom. The lowest BCUT2D eigenvalue weighted by Gasteiger charge is -2.43. The van der Waals surface area contributed by atoms with E-state index in [1.807, 2.05) is 0 Å². The molecule has 1 aliphatic heterocycles. The summed E-state index contributed by atoms with van der Waals surface area (Å²) in [6.07, 6.45) is -15.0. The second-order valence-corrected chi connectivity index (χ2v) is 11.0. The molecule has 1 saturated heterocycles. The summed E-state index contributed by atoms with van der Waals surface area (Å²) in [7, 11) is 4.79. The molecule has 250 valence electrons. The van der Waals surface area contributed by atoms with Gasteiger partial charge in [-0.25, -0.2) is 4.79 Å². The van der Waals surface area contributed by atoms with Crippen LogP contribution in [-0.4, -0.2) is 90.6 Å². The molecular formula is C27H26Cl2F9N3O4. The highest BCUT2D eigenvalue weighted by molar-refractivity contribution is 6.42. The minimum absolute atomic E-state index is 0.0237. The number of piperidine rings is 1. The number of likely N-dealkylation sites (tertiary alicyclic amines) is 1. The van der Waals surface area contributed by atoms with E-state index in [0.29, 0.717) is 17.7 Å². The van der Waals surface area contributed by atoms with Crippen molar-refractivity contribution in [3.8, 4) is 0 Å². The van der Waals surface area contributed by atoms with Crippen LogP contribution in [0.3, 0.4) is 0 Å². The fourth-order valence-electron chi connectivity index (χ4n) is 4.50. The Balaban J connectivity index is 0.000000900. The molecule has 0 spiro atoms. The quantitative estimate of drug-likeness (QED) is 0.353. The fourth-order valence-corrected chi connectivity index (χ4v) is 4.81. The fraction of sp³-hybridized carbons (Fsp3) is 0.444. The van der Waals surface area contributed by atoms with E-state index in [2.05, 4.69) is 0 Å². The van der Waals surface area contributed by atoms with E-state index in [1.165, 1.54) is 7.05 Å². The largest absolute Gasteiger partial charge is 0.490 e. The number of alkyl halides is 9. The summed E-state index contributed by atoms with van der Waals surface area (Å²) in [5.41, 5.74) is -3.27. The van der Waals surface area contributed by atoms with Gasteiger partial charge < -0.3 is 19.8 Å². The number of nitrogens with zero attached hydrogens (tertiary/aromatic N) is 3. The number of benzene rings is 2. The third-order valence-corrected chi connectivity index (χ3v) is 7.39. The molecule has 18 heteroatoms. The maximum Gasteiger partial charge on any atom is 0.490 e. The number of hydrogen-bond acceptors (Lipinski definition) is 4. The van der Waals surface area contributed by atoms with E-state index in [9.17, 15) is 49.1 Å². The van der Waals surface area contributed by atoms with Crippen molar-refractivity contribution in [2.45, 2.75) is 36.9 Å². The highest BCUT2D eigenvalue weighted by atomic mass is 35.5. The van der Waals surface area contributed by atoms with Gasteiger partial charge in [0, 0.05) is 37.7 Å². The van der Waals surface area contributed by atoms with Gasteiger partial charge in [0.2, 0.25) is 5.91 Å². The van der Waals surface area contributed by atoms with Gasteiger partial charge in [0.25, 0.3) is 5.91 Å². The molecule has 1 heterocycles. The molecule has 3 rings (SSSR count). The first-order chi connectivity index (χ1) is 20.4. The number of carboxylic acids is 1. The molecule has 2 aromatic rings. The Hall–Kier alpha value is -3.24. The molecule has 1 fully saturated rings. The smallest absolute Gasteiger partial charge is 0.475 e. The summed E-state index contributed by atoms with van der Waals surface area (Å²) in [5, 5.41) is 7.62. The predicted molar refractivity (Wildman–Crippen MR) is 145 cm³/mol. The van der Waals surface area contributed by atoms with Crippen LogP contribution in [0.2, 0.25) is 10.0 Å². The average molecular weight is 698 g/mol. The van der Waals surface area contributed by atoms with Gasteiger partial charge in [-0.15, -0.1) is 0 Å². The number of likely N-dealkylation sites (N-methyl/N-ethyl adjacent to an activating group) is 2. The first kappa shape index (κ1) is 37.9. The molecule has 2 amide bonds. The molecular weight excluding hydrogens is 672 g/mol. The Bertz CT molecular complexity index is 1370.